The number of nitrogens with one attached hydrogen (secondary N) is 1. The van der Waals surface area contributed by atoms with Gasteiger partial charge in [0.25, 0.3) is 0 Å². The zero-order valence-electron chi connectivity index (χ0n) is 12.8. The predicted molar refractivity (Wildman–Crippen MR) is 99.3 cm³/mol. The van der Waals surface area contributed by atoms with Gasteiger partial charge in [0.05, 0.1) is 17.7 Å². The van der Waals surface area contributed by atoms with Crippen LogP contribution in [0.4, 0.5) is 5.69 Å². The number of halogens is 2. The number of aromatic nitrogens is 4. The largest absolute Gasteiger partial charge is 0.374 e. The Labute approximate surface area is 156 Å². The predicted octanol–water partition coefficient (Wildman–Crippen LogP) is 4.71. The summed E-state index contributed by atoms with van der Waals surface area (Å²) in [6.07, 6.45) is 3.46. The van der Waals surface area contributed by atoms with Gasteiger partial charge in [0, 0.05) is 27.5 Å². The van der Waals surface area contributed by atoms with Crippen LogP contribution in [0.5, 0.6) is 0 Å². The standard InChI is InChI=1S/C17H11BrClN5O/c18-11-7-14-16(22-8-11)13(4-5-20-14)21-9-15-23-17(24-25-15)10-2-1-3-12(19)6-10/h1-8H,9H2,(H,20,21). The lowest BCUT2D eigenvalue weighted by Gasteiger charge is -2.06. The van der Waals surface area contributed by atoms with Crippen molar-refractivity contribution in [2.45, 2.75) is 6.54 Å². The van der Waals surface area contributed by atoms with Crippen LogP contribution >= 0.6 is 27.5 Å². The van der Waals surface area contributed by atoms with Gasteiger partial charge in [0.1, 0.15) is 5.52 Å². The summed E-state index contributed by atoms with van der Waals surface area (Å²) in [5, 5.41) is 7.88. The zero-order valence-corrected chi connectivity index (χ0v) is 15.1. The first-order valence-corrected chi connectivity index (χ1v) is 8.59. The highest BCUT2D eigenvalue weighted by Gasteiger charge is 2.10. The fraction of sp³-hybridized carbons (Fsp3) is 0.0588. The second-order valence-corrected chi connectivity index (χ2v) is 6.61. The van der Waals surface area contributed by atoms with E-state index < -0.39 is 0 Å². The van der Waals surface area contributed by atoms with E-state index in [-0.39, 0.29) is 0 Å². The molecule has 4 rings (SSSR count). The Bertz CT molecular complexity index is 1050. The molecule has 0 bridgehead atoms. The first kappa shape index (κ1) is 16.0. The highest BCUT2D eigenvalue weighted by atomic mass is 79.9. The van der Waals surface area contributed by atoms with E-state index in [1.807, 2.05) is 24.3 Å². The number of hydrogen-bond acceptors (Lipinski definition) is 6. The van der Waals surface area contributed by atoms with Crippen LogP contribution in [0.1, 0.15) is 5.89 Å². The molecule has 124 valence electrons. The summed E-state index contributed by atoms with van der Waals surface area (Å²) < 4.78 is 6.18. The summed E-state index contributed by atoms with van der Waals surface area (Å²) in [6, 6.07) is 11.1. The van der Waals surface area contributed by atoms with Crippen LogP contribution in [-0.2, 0) is 6.54 Å². The normalized spacial score (nSPS) is 11.0. The van der Waals surface area contributed by atoms with Crippen LogP contribution in [0.2, 0.25) is 5.02 Å². The third-order valence-corrected chi connectivity index (χ3v) is 4.19. The smallest absolute Gasteiger partial charge is 0.246 e. The average Bonchev–Trinajstić information content (AvgIpc) is 3.08. The second-order valence-electron chi connectivity index (χ2n) is 5.26. The minimum Gasteiger partial charge on any atom is -0.374 e. The van der Waals surface area contributed by atoms with Crippen LogP contribution in [0, 0.1) is 0 Å². The summed E-state index contributed by atoms with van der Waals surface area (Å²) in [5.74, 6) is 0.970. The Morgan fingerprint density at radius 1 is 1.16 bits per heavy atom. The minimum absolute atomic E-state index is 0.379. The molecule has 3 aromatic heterocycles. The molecule has 0 radical (unpaired) electrons. The van der Waals surface area contributed by atoms with E-state index in [1.165, 1.54) is 0 Å². The molecule has 0 atom stereocenters. The van der Waals surface area contributed by atoms with Gasteiger partial charge in [-0.05, 0) is 40.2 Å². The van der Waals surface area contributed by atoms with Crippen LogP contribution in [0.3, 0.4) is 0 Å². The molecule has 1 N–H and O–H groups in total. The van der Waals surface area contributed by atoms with E-state index in [2.05, 4.69) is 41.4 Å². The van der Waals surface area contributed by atoms with Crippen molar-refractivity contribution in [2.24, 2.45) is 0 Å². The summed E-state index contributed by atoms with van der Waals surface area (Å²) in [7, 11) is 0. The fourth-order valence-corrected chi connectivity index (χ4v) is 2.90. The molecular weight excluding hydrogens is 406 g/mol. The highest BCUT2D eigenvalue weighted by Crippen LogP contribution is 2.23. The van der Waals surface area contributed by atoms with Crippen molar-refractivity contribution in [2.75, 3.05) is 5.32 Å². The molecule has 0 aliphatic heterocycles. The third-order valence-electron chi connectivity index (χ3n) is 3.53. The number of rotatable bonds is 4. The Balaban J connectivity index is 1.55. The summed E-state index contributed by atoms with van der Waals surface area (Å²) in [4.78, 5) is 13.1. The number of pyridine rings is 2. The maximum Gasteiger partial charge on any atom is 0.246 e. The lowest BCUT2D eigenvalue weighted by atomic mass is 10.2. The minimum atomic E-state index is 0.379. The molecule has 25 heavy (non-hydrogen) atoms. The van der Waals surface area contributed by atoms with Crippen molar-refractivity contribution in [3.8, 4) is 11.4 Å². The van der Waals surface area contributed by atoms with Crippen LogP contribution in [0.15, 0.2) is 57.8 Å². The van der Waals surface area contributed by atoms with Crippen LogP contribution < -0.4 is 5.32 Å². The maximum absolute atomic E-state index is 5.99. The lowest BCUT2D eigenvalue weighted by Crippen LogP contribution is -2.01. The van der Waals surface area contributed by atoms with Crippen molar-refractivity contribution in [1.29, 1.82) is 0 Å². The molecular formula is C17H11BrClN5O. The average molecular weight is 417 g/mol. The van der Waals surface area contributed by atoms with Crippen molar-refractivity contribution in [1.82, 2.24) is 20.1 Å². The zero-order chi connectivity index (χ0) is 17.2. The van der Waals surface area contributed by atoms with E-state index in [0.717, 1.165) is 26.8 Å². The van der Waals surface area contributed by atoms with Gasteiger partial charge in [-0.2, -0.15) is 4.98 Å². The first-order chi connectivity index (χ1) is 12.2. The Morgan fingerprint density at radius 2 is 2.08 bits per heavy atom. The first-order valence-electron chi connectivity index (χ1n) is 7.42. The third kappa shape index (κ3) is 3.47. The molecule has 0 spiro atoms. The van der Waals surface area contributed by atoms with Gasteiger partial charge in [-0.1, -0.05) is 28.9 Å². The van der Waals surface area contributed by atoms with E-state index in [4.69, 9.17) is 16.1 Å². The van der Waals surface area contributed by atoms with Crippen LogP contribution in [-0.4, -0.2) is 20.1 Å². The van der Waals surface area contributed by atoms with Gasteiger partial charge in [-0.15, -0.1) is 0 Å². The van der Waals surface area contributed by atoms with Gasteiger partial charge in [-0.25, -0.2) is 0 Å². The molecule has 8 heteroatoms. The molecule has 4 aromatic rings. The molecule has 0 saturated heterocycles. The van der Waals surface area contributed by atoms with Gasteiger partial charge >= 0.3 is 0 Å². The summed E-state index contributed by atoms with van der Waals surface area (Å²) in [5.41, 5.74) is 3.23. The van der Waals surface area contributed by atoms with Crippen molar-refractivity contribution >= 4 is 44.3 Å². The van der Waals surface area contributed by atoms with Crippen LogP contribution in [0.25, 0.3) is 22.4 Å². The van der Waals surface area contributed by atoms with E-state index in [1.54, 1.807) is 24.5 Å². The Morgan fingerprint density at radius 3 is 2.96 bits per heavy atom. The van der Waals surface area contributed by atoms with E-state index in [9.17, 15) is 0 Å². The lowest BCUT2D eigenvalue weighted by molar-refractivity contribution is 0.384. The number of hydrogen-bond donors (Lipinski definition) is 1. The molecule has 0 saturated carbocycles. The Kier molecular flexibility index (Phi) is 4.33. The van der Waals surface area contributed by atoms with Gasteiger partial charge in [-0.3, -0.25) is 9.97 Å². The number of anilines is 1. The molecule has 0 unspecified atom stereocenters. The Hall–Kier alpha value is -2.51. The summed E-state index contributed by atoms with van der Waals surface area (Å²) in [6.45, 7) is 0.379. The maximum atomic E-state index is 5.99. The molecule has 1 aromatic carbocycles. The summed E-state index contributed by atoms with van der Waals surface area (Å²) >= 11 is 9.39. The topological polar surface area (TPSA) is 76.7 Å². The number of fused-ring (bicyclic) bond motifs is 1. The number of nitrogens with zero attached hydrogens (tertiary/aromatic N) is 4. The molecule has 3 heterocycles. The molecule has 0 fully saturated rings. The van der Waals surface area contributed by atoms with Crippen molar-refractivity contribution < 1.29 is 4.52 Å². The van der Waals surface area contributed by atoms with E-state index >= 15 is 0 Å². The van der Waals surface area contributed by atoms with Crippen molar-refractivity contribution in [3.63, 3.8) is 0 Å². The monoisotopic (exact) mass is 415 g/mol. The molecule has 0 aliphatic carbocycles. The van der Waals surface area contributed by atoms with Gasteiger partial charge in [0.2, 0.25) is 11.7 Å². The highest BCUT2D eigenvalue weighted by molar-refractivity contribution is 9.10. The van der Waals surface area contributed by atoms with Gasteiger partial charge in [0.15, 0.2) is 0 Å². The SMILES string of the molecule is Clc1cccc(-c2noc(CNc3ccnc4cc(Br)cnc34)n2)c1. The van der Waals surface area contributed by atoms with E-state index in [0.29, 0.717) is 23.3 Å². The van der Waals surface area contributed by atoms with Gasteiger partial charge < -0.3 is 9.84 Å². The quantitative estimate of drug-likeness (QED) is 0.519. The fourth-order valence-electron chi connectivity index (χ4n) is 2.39. The van der Waals surface area contributed by atoms with Crippen molar-refractivity contribution in [3.05, 3.63) is 64.2 Å². The molecule has 0 aliphatic rings. The molecule has 6 nitrogen and oxygen atoms in total. The molecule has 0 amide bonds. The second kappa shape index (κ2) is 6.78. The number of benzene rings is 1.